The fourth-order valence-electron chi connectivity index (χ4n) is 3.17. The molecule has 2 N–H and O–H groups in total. The molecule has 30 heavy (non-hydrogen) atoms. The summed E-state index contributed by atoms with van der Waals surface area (Å²) in [5.41, 5.74) is 3.74. The highest BCUT2D eigenvalue weighted by molar-refractivity contribution is 6.32. The first-order chi connectivity index (χ1) is 14.5. The molecular weight excluding hydrogens is 398 g/mol. The van der Waals surface area contributed by atoms with Crippen LogP contribution in [0.3, 0.4) is 0 Å². The Morgan fingerprint density at radius 2 is 1.67 bits per heavy atom. The zero-order chi connectivity index (χ0) is 21.5. The van der Waals surface area contributed by atoms with Crippen molar-refractivity contribution in [2.24, 2.45) is 0 Å². The first-order valence-electron chi connectivity index (χ1n) is 9.98. The molecule has 0 aliphatic heterocycles. The molecule has 1 amide bonds. The number of ether oxygens (including phenoxy) is 1. The lowest BCUT2D eigenvalue weighted by molar-refractivity contribution is 0.0916. The highest BCUT2D eigenvalue weighted by Crippen LogP contribution is 2.26. The molecule has 3 aromatic rings. The summed E-state index contributed by atoms with van der Waals surface area (Å²) in [5.74, 6) is 0.258. The van der Waals surface area contributed by atoms with Crippen molar-refractivity contribution in [2.45, 2.75) is 32.4 Å². The number of hydrogen-bond acceptors (Lipinski definition) is 3. The van der Waals surface area contributed by atoms with Crippen molar-refractivity contribution in [3.05, 3.63) is 88.9 Å². The first kappa shape index (κ1) is 21.9. The molecule has 0 bridgehead atoms. The smallest absolute Gasteiger partial charge is 0.251 e. The molecule has 0 unspecified atom stereocenters. The summed E-state index contributed by atoms with van der Waals surface area (Å²) >= 11 is 6.23. The van der Waals surface area contributed by atoms with Crippen LogP contribution in [0, 0.1) is 0 Å². The van der Waals surface area contributed by atoms with Crippen molar-refractivity contribution in [3.63, 3.8) is 0 Å². The third kappa shape index (κ3) is 5.85. The maximum atomic E-state index is 12.6. The third-order valence-corrected chi connectivity index (χ3v) is 4.95. The summed E-state index contributed by atoms with van der Waals surface area (Å²) in [6.07, 6.45) is 0.522. The Morgan fingerprint density at radius 3 is 2.27 bits per heavy atom. The second kappa shape index (κ2) is 10.3. The standard InChI is InChI=1S/C25H26ClNO3/c1-17(2)30-24-13-12-21(15-23(24)26)25(29)27-22(16-28)14-18-8-10-20(11-9-18)19-6-4-3-5-7-19/h3-13,15,17,22,28H,14,16H2,1-2H3,(H,27,29)/t22-/m0/s1. The summed E-state index contributed by atoms with van der Waals surface area (Å²) < 4.78 is 5.60. The second-order valence-electron chi connectivity index (χ2n) is 7.43. The van der Waals surface area contributed by atoms with Gasteiger partial charge in [-0.3, -0.25) is 4.79 Å². The summed E-state index contributed by atoms with van der Waals surface area (Å²) in [6, 6.07) is 22.8. The Morgan fingerprint density at radius 1 is 1.00 bits per heavy atom. The number of aliphatic hydroxyl groups is 1. The van der Waals surface area contributed by atoms with Crippen LogP contribution in [0.4, 0.5) is 0 Å². The lowest BCUT2D eigenvalue weighted by Gasteiger charge is -2.17. The van der Waals surface area contributed by atoms with Gasteiger partial charge in [-0.05, 0) is 55.2 Å². The topological polar surface area (TPSA) is 58.6 Å². The fourth-order valence-corrected chi connectivity index (χ4v) is 3.40. The average molecular weight is 424 g/mol. The first-order valence-corrected chi connectivity index (χ1v) is 10.4. The summed E-state index contributed by atoms with van der Waals surface area (Å²) in [6.45, 7) is 3.67. The number of benzene rings is 3. The molecular formula is C25H26ClNO3. The highest BCUT2D eigenvalue weighted by atomic mass is 35.5. The summed E-state index contributed by atoms with van der Waals surface area (Å²) in [4.78, 5) is 12.6. The van der Waals surface area contributed by atoms with Gasteiger partial charge in [0.2, 0.25) is 0 Å². The molecule has 0 aromatic heterocycles. The van der Waals surface area contributed by atoms with Gasteiger partial charge in [0.25, 0.3) is 5.91 Å². The van der Waals surface area contributed by atoms with Gasteiger partial charge in [0.1, 0.15) is 5.75 Å². The van der Waals surface area contributed by atoms with Crippen LogP contribution in [0.15, 0.2) is 72.8 Å². The molecule has 0 radical (unpaired) electrons. The van der Waals surface area contributed by atoms with E-state index in [4.69, 9.17) is 16.3 Å². The van der Waals surface area contributed by atoms with Crippen LogP contribution in [-0.4, -0.2) is 29.8 Å². The Kier molecular flexibility index (Phi) is 7.50. The lowest BCUT2D eigenvalue weighted by Crippen LogP contribution is -2.39. The molecule has 0 aliphatic rings. The molecule has 3 aromatic carbocycles. The van der Waals surface area contributed by atoms with Crippen LogP contribution >= 0.6 is 11.6 Å². The predicted molar refractivity (Wildman–Crippen MR) is 121 cm³/mol. The van der Waals surface area contributed by atoms with Gasteiger partial charge < -0.3 is 15.2 Å². The monoisotopic (exact) mass is 423 g/mol. The molecule has 0 spiro atoms. The van der Waals surface area contributed by atoms with Gasteiger partial charge in [-0.15, -0.1) is 0 Å². The van der Waals surface area contributed by atoms with Crippen LogP contribution in [0.5, 0.6) is 5.75 Å². The van der Waals surface area contributed by atoms with Gasteiger partial charge in [0, 0.05) is 5.56 Å². The summed E-state index contributed by atoms with van der Waals surface area (Å²) in [7, 11) is 0. The number of amides is 1. The molecule has 0 fully saturated rings. The third-order valence-electron chi connectivity index (χ3n) is 4.66. The highest BCUT2D eigenvalue weighted by Gasteiger charge is 2.16. The maximum absolute atomic E-state index is 12.6. The predicted octanol–water partition coefficient (Wildman–Crippen LogP) is 5.13. The molecule has 4 nitrogen and oxygen atoms in total. The summed E-state index contributed by atoms with van der Waals surface area (Å²) in [5, 5.41) is 13.0. The van der Waals surface area contributed by atoms with Crippen molar-refractivity contribution in [3.8, 4) is 16.9 Å². The van der Waals surface area contributed by atoms with E-state index >= 15 is 0 Å². The van der Waals surface area contributed by atoms with E-state index in [0.717, 1.165) is 16.7 Å². The van der Waals surface area contributed by atoms with Crippen LogP contribution in [0.1, 0.15) is 29.8 Å². The maximum Gasteiger partial charge on any atom is 0.251 e. The van der Waals surface area contributed by atoms with Crippen LogP contribution in [-0.2, 0) is 6.42 Å². The quantitative estimate of drug-likeness (QED) is 0.528. The van der Waals surface area contributed by atoms with E-state index in [1.165, 1.54) is 0 Å². The zero-order valence-corrected chi connectivity index (χ0v) is 17.9. The molecule has 0 aliphatic carbocycles. The number of halogens is 1. The van der Waals surface area contributed by atoms with Gasteiger partial charge in [-0.25, -0.2) is 0 Å². The van der Waals surface area contributed by atoms with Gasteiger partial charge in [0.05, 0.1) is 23.8 Å². The van der Waals surface area contributed by atoms with Crippen molar-refractivity contribution < 1.29 is 14.6 Å². The van der Waals surface area contributed by atoms with Gasteiger partial charge in [-0.2, -0.15) is 0 Å². The number of aliphatic hydroxyl groups excluding tert-OH is 1. The number of carbonyl (C=O) groups is 1. The number of rotatable bonds is 8. The number of nitrogens with one attached hydrogen (secondary N) is 1. The van der Waals surface area contributed by atoms with Gasteiger partial charge >= 0.3 is 0 Å². The van der Waals surface area contributed by atoms with Crippen molar-refractivity contribution in [2.75, 3.05) is 6.61 Å². The minimum absolute atomic E-state index is 0.00535. The van der Waals surface area contributed by atoms with E-state index < -0.39 is 6.04 Å². The number of hydrogen-bond donors (Lipinski definition) is 2. The Labute approximate surface area is 182 Å². The van der Waals surface area contributed by atoms with Crippen molar-refractivity contribution in [1.29, 1.82) is 0 Å². The minimum atomic E-state index is -0.398. The molecule has 0 saturated carbocycles. The fraction of sp³-hybridized carbons (Fsp3) is 0.240. The Hall–Kier alpha value is -2.82. The van der Waals surface area contributed by atoms with E-state index in [-0.39, 0.29) is 18.6 Å². The number of carbonyl (C=O) groups excluding carboxylic acids is 1. The molecule has 1 atom stereocenters. The van der Waals surface area contributed by atoms with Crippen LogP contribution in [0.25, 0.3) is 11.1 Å². The van der Waals surface area contributed by atoms with Crippen LogP contribution in [0.2, 0.25) is 5.02 Å². The van der Waals surface area contributed by atoms with Gasteiger partial charge in [0.15, 0.2) is 0 Å². The SMILES string of the molecule is CC(C)Oc1ccc(C(=O)N[C@H](CO)Cc2ccc(-c3ccccc3)cc2)cc1Cl. The Bertz CT molecular complexity index is 971. The van der Waals surface area contributed by atoms with Crippen molar-refractivity contribution in [1.82, 2.24) is 5.32 Å². The molecule has 3 rings (SSSR count). The lowest BCUT2D eigenvalue weighted by atomic mass is 10.0. The van der Waals surface area contributed by atoms with E-state index in [1.54, 1.807) is 18.2 Å². The molecule has 156 valence electrons. The van der Waals surface area contributed by atoms with Crippen molar-refractivity contribution >= 4 is 17.5 Å². The second-order valence-corrected chi connectivity index (χ2v) is 7.84. The largest absolute Gasteiger partial charge is 0.489 e. The van der Waals surface area contributed by atoms with E-state index in [0.29, 0.717) is 22.8 Å². The van der Waals surface area contributed by atoms with Gasteiger partial charge in [-0.1, -0.05) is 66.2 Å². The van der Waals surface area contributed by atoms with Crippen LogP contribution < -0.4 is 10.1 Å². The minimum Gasteiger partial charge on any atom is -0.489 e. The average Bonchev–Trinajstić information content (AvgIpc) is 2.75. The molecule has 0 saturated heterocycles. The normalized spacial score (nSPS) is 11.9. The van der Waals surface area contributed by atoms with E-state index in [2.05, 4.69) is 17.4 Å². The Balaban J connectivity index is 1.64. The molecule has 0 heterocycles. The van der Waals surface area contributed by atoms with E-state index in [1.807, 2.05) is 56.3 Å². The zero-order valence-electron chi connectivity index (χ0n) is 17.1. The molecule has 5 heteroatoms. The van der Waals surface area contributed by atoms with E-state index in [9.17, 15) is 9.90 Å².